The molecule has 0 saturated carbocycles. The van der Waals surface area contributed by atoms with Crippen LogP contribution in [0.5, 0.6) is 5.75 Å². The average Bonchev–Trinajstić information content (AvgIpc) is 3.16. The van der Waals surface area contributed by atoms with Crippen LogP contribution in [0.3, 0.4) is 0 Å². The van der Waals surface area contributed by atoms with E-state index in [1.807, 2.05) is 36.4 Å². The van der Waals surface area contributed by atoms with Gasteiger partial charge in [0, 0.05) is 17.7 Å². The highest BCUT2D eigenvalue weighted by Crippen LogP contribution is 2.44. The quantitative estimate of drug-likeness (QED) is 0.486. The van der Waals surface area contributed by atoms with Crippen molar-refractivity contribution in [1.29, 1.82) is 0 Å². The Hall–Kier alpha value is -4.33. The highest BCUT2D eigenvalue weighted by Gasteiger charge is 2.29. The largest absolute Gasteiger partial charge is 0.496 e. The summed E-state index contributed by atoms with van der Waals surface area (Å²) in [6.45, 7) is 1.67. The first kappa shape index (κ1) is 22.8. The van der Waals surface area contributed by atoms with Crippen molar-refractivity contribution in [3.63, 3.8) is 0 Å². The molecule has 0 aromatic heterocycles. The molecule has 3 aromatic rings. The van der Waals surface area contributed by atoms with Gasteiger partial charge >= 0.3 is 12.1 Å². The molecule has 1 aliphatic rings. The van der Waals surface area contributed by atoms with Crippen molar-refractivity contribution in [3.05, 3.63) is 83.4 Å². The van der Waals surface area contributed by atoms with Crippen LogP contribution < -0.4 is 15.4 Å². The van der Waals surface area contributed by atoms with E-state index in [0.29, 0.717) is 5.69 Å². The molecule has 0 unspecified atom stereocenters. The topological polar surface area (TPSA) is 114 Å². The number of amides is 2. The van der Waals surface area contributed by atoms with Crippen LogP contribution in [0, 0.1) is 0 Å². The summed E-state index contributed by atoms with van der Waals surface area (Å²) in [6, 6.07) is 19.4. The molecule has 3 N–H and O–H groups in total. The van der Waals surface area contributed by atoms with Gasteiger partial charge in [0.05, 0.1) is 7.11 Å². The second kappa shape index (κ2) is 9.66. The van der Waals surface area contributed by atoms with E-state index in [2.05, 4.69) is 22.8 Å². The first-order valence-electron chi connectivity index (χ1n) is 10.7. The number of carboxylic acid groups (broad SMARTS) is 1. The lowest BCUT2D eigenvalue weighted by molar-refractivity contribution is -0.117. The van der Waals surface area contributed by atoms with Crippen molar-refractivity contribution in [1.82, 2.24) is 5.32 Å². The highest BCUT2D eigenvalue weighted by molar-refractivity contribution is 5.97. The van der Waals surface area contributed by atoms with Crippen LogP contribution in [-0.2, 0) is 9.53 Å². The average molecular weight is 460 g/mol. The molecular formula is C26H24N2O6. The number of anilines is 1. The Morgan fingerprint density at radius 3 is 2.18 bits per heavy atom. The summed E-state index contributed by atoms with van der Waals surface area (Å²) in [6.07, 6.45) is -0.705. The number of hydrogen-bond donors (Lipinski definition) is 3. The first-order chi connectivity index (χ1) is 16.4. The number of aromatic carboxylic acids is 1. The molecule has 34 heavy (non-hydrogen) atoms. The number of nitrogens with one attached hydrogen (secondary N) is 2. The Labute approximate surface area is 196 Å². The Kier molecular flexibility index (Phi) is 6.49. The first-order valence-corrected chi connectivity index (χ1v) is 10.7. The molecule has 174 valence electrons. The van der Waals surface area contributed by atoms with E-state index in [1.54, 1.807) is 0 Å². The van der Waals surface area contributed by atoms with E-state index in [0.717, 1.165) is 22.3 Å². The van der Waals surface area contributed by atoms with Crippen LogP contribution in [0.2, 0.25) is 0 Å². The number of benzene rings is 3. The summed E-state index contributed by atoms with van der Waals surface area (Å²) in [5.41, 5.74) is 4.77. The zero-order valence-corrected chi connectivity index (χ0v) is 18.7. The molecule has 0 heterocycles. The fourth-order valence-electron chi connectivity index (χ4n) is 4.08. The molecule has 0 saturated heterocycles. The fourth-order valence-corrected chi connectivity index (χ4v) is 4.08. The van der Waals surface area contributed by atoms with Crippen molar-refractivity contribution < 1.29 is 29.0 Å². The van der Waals surface area contributed by atoms with Gasteiger partial charge in [-0.25, -0.2) is 9.59 Å². The van der Waals surface area contributed by atoms with Crippen LogP contribution >= 0.6 is 0 Å². The number of carbonyl (C=O) groups excluding carboxylic acids is 2. The van der Waals surface area contributed by atoms with Crippen molar-refractivity contribution >= 4 is 23.7 Å². The number of carboxylic acids is 1. The minimum Gasteiger partial charge on any atom is -0.496 e. The van der Waals surface area contributed by atoms with Gasteiger partial charge in [-0.3, -0.25) is 4.79 Å². The second-order valence-corrected chi connectivity index (χ2v) is 7.90. The maximum Gasteiger partial charge on any atom is 0.407 e. The summed E-state index contributed by atoms with van der Waals surface area (Å²) in [7, 11) is 1.34. The van der Waals surface area contributed by atoms with Crippen LogP contribution in [0.25, 0.3) is 11.1 Å². The normalized spacial score (nSPS) is 12.8. The lowest BCUT2D eigenvalue weighted by atomic mass is 9.98. The Morgan fingerprint density at radius 1 is 0.971 bits per heavy atom. The summed E-state index contributed by atoms with van der Waals surface area (Å²) in [5, 5.41) is 14.3. The van der Waals surface area contributed by atoms with Gasteiger partial charge in [-0.05, 0) is 41.3 Å². The minimum absolute atomic E-state index is 0.0229. The predicted molar refractivity (Wildman–Crippen MR) is 126 cm³/mol. The van der Waals surface area contributed by atoms with E-state index in [-0.39, 0.29) is 23.8 Å². The van der Waals surface area contributed by atoms with Crippen molar-refractivity contribution in [2.45, 2.75) is 18.9 Å². The van der Waals surface area contributed by atoms with Crippen LogP contribution in [-0.4, -0.2) is 42.8 Å². The predicted octanol–water partition coefficient (Wildman–Crippen LogP) is 4.26. The van der Waals surface area contributed by atoms with Gasteiger partial charge in [0.2, 0.25) is 5.91 Å². The molecule has 1 aliphatic carbocycles. The SMILES string of the molecule is COc1cc(NC(=O)[C@H](C)NC(=O)OCC2c3ccccc3-c3ccccc32)ccc1C(=O)O. The summed E-state index contributed by atoms with van der Waals surface area (Å²) in [5.74, 6) is -1.59. The molecule has 1 atom stereocenters. The van der Waals surface area contributed by atoms with Crippen molar-refractivity contribution in [2.24, 2.45) is 0 Å². The fraction of sp³-hybridized carbons (Fsp3) is 0.192. The molecule has 8 heteroatoms. The van der Waals surface area contributed by atoms with Gasteiger partial charge in [0.15, 0.2) is 0 Å². The van der Waals surface area contributed by atoms with Crippen LogP contribution in [0.15, 0.2) is 66.7 Å². The zero-order valence-electron chi connectivity index (χ0n) is 18.7. The molecule has 0 bridgehead atoms. The van der Waals surface area contributed by atoms with E-state index in [1.165, 1.54) is 32.2 Å². The maximum absolute atomic E-state index is 12.5. The Bertz CT molecular complexity index is 1210. The lowest BCUT2D eigenvalue weighted by Crippen LogP contribution is -2.42. The van der Waals surface area contributed by atoms with Crippen LogP contribution in [0.1, 0.15) is 34.3 Å². The monoisotopic (exact) mass is 460 g/mol. The van der Waals surface area contributed by atoms with Crippen LogP contribution in [0.4, 0.5) is 10.5 Å². The number of rotatable bonds is 7. The molecule has 3 aromatic carbocycles. The summed E-state index contributed by atoms with van der Waals surface area (Å²) in [4.78, 5) is 36.1. The third kappa shape index (κ3) is 4.56. The lowest BCUT2D eigenvalue weighted by Gasteiger charge is -2.17. The van der Waals surface area contributed by atoms with Gasteiger partial charge in [0.1, 0.15) is 24.0 Å². The molecule has 0 aliphatic heterocycles. The number of hydrogen-bond acceptors (Lipinski definition) is 5. The van der Waals surface area contributed by atoms with E-state index in [4.69, 9.17) is 14.6 Å². The Balaban J connectivity index is 1.36. The molecule has 0 radical (unpaired) electrons. The maximum atomic E-state index is 12.5. The third-order valence-electron chi connectivity index (χ3n) is 5.77. The van der Waals surface area contributed by atoms with E-state index in [9.17, 15) is 14.4 Å². The minimum atomic E-state index is -1.14. The number of ether oxygens (including phenoxy) is 2. The zero-order chi connectivity index (χ0) is 24.2. The summed E-state index contributed by atoms with van der Waals surface area (Å²) >= 11 is 0. The molecule has 2 amide bonds. The number of carbonyl (C=O) groups is 3. The molecule has 8 nitrogen and oxygen atoms in total. The number of alkyl carbamates (subject to hydrolysis) is 1. The molecular weight excluding hydrogens is 436 g/mol. The van der Waals surface area contributed by atoms with E-state index >= 15 is 0 Å². The number of methoxy groups -OCH3 is 1. The number of fused-ring (bicyclic) bond motifs is 3. The van der Waals surface area contributed by atoms with Gasteiger partial charge in [-0.2, -0.15) is 0 Å². The van der Waals surface area contributed by atoms with Gasteiger partial charge < -0.3 is 25.2 Å². The van der Waals surface area contributed by atoms with Crippen molar-refractivity contribution in [2.75, 3.05) is 19.0 Å². The standard InChI is InChI=1S/C26H24N2O6/c1-15(24(29)28-16-11-12-21(25(30)31)23(13-16)33-2)27-26(32)34-14-22-19-9-5-3-7-17(19)18-8-4-6-10-20(18)22/h3-13,15,22H,14H2,1-2H3,(H,27,32)(H,28,29)(H,30,31)/t15-/m0/s1. The smallest absolute Gasteiger partial charge is 0.407 e. The molecule has 4 rings (SSSR count). The van der Waals surface area contributed by atoms with Gasteiger partial charge in [0.25, 0.3) is 0 Å². The van der Waals surface area contributed by atoms with Gasteiger partial charge in [-0.1, -0.05) is 48.5 Å². The molecule has 0 spiro atoms. The second-order valence-electron chi connectivity index (χ2n) is 7.90. The highest BCUT2D eigenvalue weighted by atomic mass is 16.5. The Morgan fingerprint density at radius 2 is 1.59 bits per heavy atom. The third-order valence-corrected chi connectivity index (χ3v) is 5.77. The van der Waals surface area contributed by atoms with E-state index < -0.39 is 24.0 Å². The van der Waals surface area contributed by atoms with Gasteiger partial charge in [-0.15, -0.1) is 0 Å². The summed E-state index contributed by atoms with van der Waals surface area (Å²) < 4.78 is 10.5. The van der Waals surface area contributed by atoms with Crippen molar-refractivity contribution in [3.8, 4) is 16.9 Å². The molecule has 0 fully saturated rings.